The molecule has 1 saturated heterocycles. The number of methoxy groups -OCH3 is 2. The molecule has 5 rings (SSSR count). The fourth-order valence-corrected chi connectivity index (χ4v) is 8.05. The first-order valence-corrected chi connectivity index (χ1v) is 17.0. The van der Waals surface area contributed by atoms with Crippen LogP contribution >= 0.6 is 11.3 Å². The number of benzene rings is 2. The molecule has 0 bridgehead atoms. The topological polar surface area (TPSA) is 133 Å². The normalized spacial score (nSPS) is 19.9. The molecule has 250 valence electrons. The number of thiazole rings is 1. The molecular weight excluding hydrogens is 653 g/mol. The fourth-order valence-electron chi connectivity index (χ4n) is 6.12. The zero-order chi connectivity index (χ0) is 34.1. The van der Waals surface area contributed by atoms with Crippen molar-refractivity contribution in [3.05, 3.63) is 94.2 Å². The summed E-state index contributed by atoms with van der Waals surface area (Å²) in [5, 5.41) is 6.50. The largest absolute Gasteiger partial charge is 0.496 e. The summed E-state index contributed by atoms with van der Waals surface area (Å²) in [6, 6.07) is 7.71. The highest BCUT2D eigenvalue weighted by atomic mass is 32.2. The number of likely N-dealkylation sites (tertiary alicyclic amines) is 1. The number of carbonyl (C=O) groups is 2. The summed E-state index contributed by atoms with van der Waals surface area (Å²) in [6.07, 6.45) is 4.57. The SMILES string of the molecule is COC[C@H]1C[C@@](Cn2cccn2)(C(=O)NS(=O)(=O)c2ccc(F)cc2F)N(C(=O)c2ccc(C(C)(C)C)c(OC)c2)[C@H]1c1nccs1. The predicted molar refractivity (Wildman–Crippen MR) is 169 cm³/mol. The van der Waals surface area contributed by atoms with Crippen LogP contribution in [0.5, 0.6) is 5.75 Å². The van der Waals surface area contributed by atoms with E-state index in [9.17, 15) is 26.8 Å². The monoisotopic (exact) mass is 687 g/mol. The Hall–Kier alpha value is -4.21. The zero-order valence-electron chi connectivity index (χ0n) is 26.4. The molecule has 2 aromatic carbocycles. The lowest BCUT2D eigenvalue weighted by molar-refractivity contribution is -0.130. The first kappa shape index (κ1) is 34.1. The lowest BCUT2D eigenvalue weighted by Crippen LogP contribution is -2.61. The summed E-state index contributed by atoms with van der Waals surface area (Å²) in [5.41, 5.74) is -1.21. The number of aromatic nitrogens is 3. The van der Waals surface area contributed by atoms with Crippen molar-refractivity contribution in [1.82, 2.24) is 24.4 Å². The molecule has 0 unspecified atom stereocenters. The standard InChI is InChI=1S/C32H35F2N5O6S2/c1-31(2,3)23-9-7-20(15-25(23)45-5)29(40)39-27(28-35-12-14-46-28)21(18-44-4)17-32(39,19-38-13-6-11-36-38)30(41)37-47(42,43)26-10-8-22(33)16-24(26)34/h6-16,21,27H,17-19H2,1-5H3,(H,37,41)/t21-,27-,32-/m1/s1. The Morgan fingerprint density at radius 3 is 2.49 bits per heavy atom. The molecule has 0 saturated carbocycles. The molecule has 4 aromatic rings. The van der Waals surface area contributed by atoms with Crippen molar-refractivity contribution < 1.29 is 36.3 Å². The summed E-state index contributed by atoms with van der Waals surface area (Å²) in [5.74, 6) is -4.15. The van der Waals surface area contributed by atoms with Crippen molar-refractivity contribution in [1.29, 1.82) is 0 Å². The van der Waals surface area contributed by atoms with Gasteiger partial charge in [-0.05, 0) is 47.7 Å². The third-order valence-corrected chi connectivity index (χ3v) is 10.4. The van der Waals surface area contributed by atoms with Gasteiger partial charge in [-0.25, -0.2) is 26.9 Å². The van der Waals surface area contributed by atoms with E-state index in [1.807, 2.05) is 25.5 Å². The Kier molecular flexibility index (Phi) is 9.53. The van der Waals surface area contributed by atoms with Crippen molar-refractivity contribution in [3.63, 3.8) is 0 Å². The third kappa shape index (κ3) is 6.64. The number of sulfonamides is 1. The van der Waals surface area contributed by atoms with E-state index in [1.54, 1.807) is 42.0 Å². The van der Waals surface area contributed by atoms with Crippen LogP contribution in [0.3, 0.4) is 0 Å². The fraction of sp³-hybridized carbons (Fsp3) is 0.375. The molecule has 1 N–H and O–H groups in total. The molecule has 0 radical (unpaired) electrons. The number of rotatable bonds is 10. The van der Waals surface area contributed by atoms with E-state index in [1.165, 1.54) is 41.3 Å². The first-order valence-electron chi connectivity index (χ1n) is 14.6. The second kappa shape index (κ2) is 13.1. The van der Waals surface area contributed by atoms with Gasteiger partial charge in [-0.15, -0.1) is 11.3 Å². The average Bonchev–Trinajstić information content (AvgIpc) is 3.77. The molecule has 0 aliphatic carbocycles. The Morgan fingerprint density at radius 2 is 1.89 bits per heavy atom. The molecule has 11 nitrogen and oxygen atoms in total. The third-order valence-electron chi connectivity index (χ3n) is 8.16. The van der Waals surface area contributed by atoms with Crippen molar-refractivity contribution in [2.75, 3.05) is 20.8 Å². The van der Waals surface area contributed by atoms with Gasteiger partial charge in [0, 0.05) is 48.6 Å². The molecule has 1 aliphatic rings. The summed E-state index contributed by atoms with van der Waals surface area (Å²) in [6.45, 7) is 5.84. The minimum absolute atomic E-state index is 0.0683. The Bertz CT molecular complexity index is 1860. The van der Waals surface area contributed by atoms with Crippen molar-refractivity contribution >= 4 is 33.2 Å². The van der Waals surface area contributed by atoms with Crippen LogP contribution in [-0.2, 0) is 31.5 Å². The van der Waals surface area contributed by atoms with Gasteiger partial charge < -0.3 is 14.4 Å². The van der Waals surface area contributed by atoms with Gasteiger partial charge in [0.05, 0.1) is 26.3 Å². The first-order chi connectivity index (χ1) is 22.2. The molecule has 2 aromatic heterocycles. The molecular formula is C32H35F2N5O6S2. The highest BCUT2D eigenvalue weighted by Gasteiger charge is 2.60. The van der Waals surface area contributed by atoms with Crippen LogP contribution in [-0.4, -0.2) is 66.3 Å². The number of nitrogens with zero attached hydrogens (tertiary/aromatic N) is 4. The maximum Gasteiger partial charge on any atom is 0.267 e. The van der Waals surface area contributed by atoms with Gasteiger partial charge in [0.1, 0.15) is 32.8 Å². The summed E-state index contributed by atoms with van der Waals surface area (Å²) in [4.78, 5) is 34.3. The highest BCUT2D eigenvalue weighted by Crippen LogP contribution is 2.50. The number of ether oxygens (including phenoxy) is 2. The van der Waals surface area contributed by atoms with Crippen LogP contribution in [0.1, 0.15) is 54.2 Å². The highest BCUT2D eigenvalue weighted by molar-refractivity contribution is 7.90. The van der Waals surface area contributed by atoms with E-state index in [4.69, 9.17) is 9.47 Å². The smallest absolute Gasteiger partial charge is 0.267 e. The predicted octanol–water partition coefficient (Wildman–Crippen LogP) is 4.72. The van der Waals surface area contributed by atoms with Crippen LogP contribution in [0.4, 0.5) is 8.78 Å². The Morgan fingerprint density at radius 1 is 1.13 bits per heavy atom. The van der Waals surface area contributed by atoms with Crippen LogP contribution in [0.25, 0.3) is 0 Å². The molecule has 1 fully saturated rings. The van der Waals surface area contributed by atoms with Crippen molar-refractivity contribution in [2.24, 2.45) is 5.92 Å². The minimum atomic E-state index is -4.88. The lowest BCUT2D eigenvalue weighted by atomic mass is 9.85. The Labute approximate surface area is 275 Å². The quantitative estimate of drug-likeness (QED) is 0.254. The van der Waals surface area contributed by atoms with Gasteiger partial charge >= 0.3 is 0 Å². The maximum absolute atomic E-state index is 14.9. The number of nitrogens with one attached hydrogen (secondary N) is 1. The van der Waals surface area contributed by atoms with Gasteiger partial charge in [-0.1, -0.05) is 26.8 Å². The molecule has 1 aliphatic heterocycles. The number of carbonyl (C=O) groups excluding carboxylic acids is 2. The second-order valence-corrected chi connectivity index (χ2v) is 14.9. The average molecular weight is 688 g/mol. The number of halogens is 2. The summed E-state index contributed by atoms with van der Waals surface area (Å²) < 4.78 is 70.0. The van der Waals surface area contributed by atoms with Gasteiger partial charge in [0.15, 0.2) is 0 Å². The van der Waals surface area contributed by atoms with Crippen LogP contribution in [0.2, 0.25) is 0 Å². The van der Waals surface area contributed by atoms with E-state index in [-0.39, 0.29) is 30.6 Å². The Balaban J connectivity index is 1.71. The minimum Gasteiger partial charge on any atom is -0.496 e. The number of amides is 2. The van der Waals surface area contributed by atoms with E-state index in [2.05, 4.69) is 10.1 Å². The van der Waals surface area contributed by atoms with E-state index in [0.29, 0.717) is 16.8 Å². The van der Waals surface area contributed by atoms with Crippen LogP contribution in [0, 0.1) is 17.6 Å². The number of hydrogen-bond donors (Lipinski definition) is 1. The molecule has 2 amide bonds. The van der Waals surface area contributed by atoms with E-state index in [0.717, 1.165) is 17.7 Å². The second-order valence-electron chi connectivity index (χ2n) is 12.3. The van der Waals surface area contributed by atoms with Crippen molar-refractivity contribution in [3.8, 4) is 5.75 Å². The zero-order valence-corrected chi connectivity index (χ0v) is 28.1. The molecule has 47 heavy (non-hydrogen) atoms. The molecule has 0 spiro atoms. The van der Waals surface area contributed by atoms with Crippen molar-refractivity contribution in [2.45, 2.75) is 55.6 Å². The van der Waals surface area contributed by atoms with Crippen LogP contribution < -0.4 is 9.46 Å². The molecule has 3 atom stereocenters. The number of hydrogen-bond acceptors (Lipinski definition) is 9. The lowest BCUT2D eigenvalue weighted by Gasteiger charge is -2.39. The molecule has 3 heterocycles. The molecule has 15 heteroatoms. The summed E-state index contributed by atoms with van der Waals surface area (Å²) in [7, 11) is -1.90. The van der Waals surface area contributed by atoms with Gasteiger partial charge in [-0.3, -0.25) is 14.3 Å². The van der Waals surface area contributed by atoms with E-state index >= 15 is 0 Å². The maximum atomic E-state index is 14.9. The van der Waals surface area contributed by atoms with Gasteiger partial charge in [-0.2, -0.15) is 5.10 Å². The van der Waals surface area contributed by atoms with Gasteiger partial charge in [0.25, 0.3) is 21.8 Å². The van der Waals surface area contributed by atoms with E-state index < -0.39 is 55.9 Å². The van der Waals surface area contributed by atoms with Crippen LogP contribution in [0.15, 0.2) is 71.3 Å². The van der Waals surface area contributed by atoms with Gasteiger partial charge in [0.2, 0.25) is 0 Å². The summed E-state index contributed by atoms with van der Waals surface area (Å²) >= 11 is 1.27.